The van der Waals surface area contributed by atoms with Gasteiger partial charge in [-0.05, 0) is 37.1 Å². The standard InChI is InChI=1S/C29H30BrClN2O4/c1-27(2)17-36-13-12-33(27)16-22-24(18-6-4-3-5-7-18)29(19-8-10-20(30)11-9-19)28(35,26(22)34)25-23(37-29)14-21(31)15-32-25/h3-11,14-15,22,24,26,34-35H,12-13,16-17H2,1-2H3/t22-,24-,26-,28+,29+/m1/s1. The maximum Gasteiger partial charge on any atom is 0.181 e. The van der Waals surface area contributed by atoms with Crippen LogP contribution in [0.25, 0.3) is 0 Å². The number of ether oxygens (including phenoxy) is 2. The van der Waals surface area contributed by atoms with Crippen LogP contribution in [0.1, 0.15) is 36.6 Å². The van der Waals surface area contributed by atoms with E-state index in [0.29, 0.717) is 36.2 Å². The van der Waals surface area contributed by atoms with Crippen molar-refractivity contribution in [2.24, 2.45) is 5.92 Å². The number of hydrogen-bond donors (Lipinski definition) is 2. The van der Waals surface area contributed by atoms with E-state index in [-0.39, 0.29) is 17.4 Å². The highest BCUT2D eigenvalue weighted by Gasteiger charge is 2.76. The van der Waals surface area contributed by atoms with Gasteiger partial charge in [-0.1, -0.05) is 70.0 Å². The summed E-state index contributed by atoms with van der Waals surface area (Å²) in [5.74, 6) is -0.358. The summed E-state index contributed by atoms with van der Waals surface area (Å²) < 4.78 is 13.5. The molecule has 6 rings (SSSR count). The molecule has 8 heteroatoms. The normalized spacial score (nSPS) is 32.5. The zero-order chi connectivity index (χ0) is 26.0. The Morgan fingerprint density at radius 1 is 1.14 bits per heavy atom. The van der Waals surface area contributed by atoms with Crippen LogP contribution >= 0.6 is 27.5 Å². The molecule has 0 spiro atoms. The topological polar surface area (TPSA) is 75.1 Å². The minimum Gasteiger partial charge on any atom is -0.476 e. The van der Waals surface area contributed by atoms with Crippen molar-refractivity contribution in [3.05, 3.63) is 93.2 Å². The van der Waals surface area contributed by atoms with Gasteiger partial charge in [-0.25, -0.2) is 0 Å². The molecule has 0 radical (unpaired) electrons. The lowest BCUT2D eigenvalue weighted by molar-refractivity contribution is -0.154. The minimum atomic E-state index is -1.80. The van der Waals surface area contributed by atoms with E-state index >= 15 is 0 Å². The Balaban J connectivity index is 1.59. The highest BCUT2D eigenvalue weighted by Crippen LogP contribution is 2.68. The summed E-state index contributed by atoms with van der Waals surface area (Å²) in [4.78, 5) is 6.90. The van der Waals surface area contributed by atoms with Crippen LogP contribution in [-0.2, 0) is 15.9 Å². The number of aromatic nitrogens is 1. The molecule has 3 aromatic rings. The van der Waals surface area contributed by atoms with Crippen molar-refractivity contribution >= 4 is 27.5 Å². The van der Waals surface area contributed by atoms with Crippen molar-refractivity contribution in [2.45, 2.75) is 42.6 Å². The minimum absolute atomic E-state index is 0.213. The Bertz CT molecular complexity index is 1310. The van der Waals surface area contributed by atoms with Gasteiger partial charge in [0.2, 0.25) is 0 Å². The van der Waals surface area contributed by atoms with E-state index in [0.717, 1.165) is 22.1 Å². The average Bonchev–Trinajstić information content (AvgIpc) is 3.23. The molecule has 2 fully saturated rings. The first-order chi connectivity index (χ1) is 17.7. The van der Waals surface area contributed by atoms with Crippen LogP contribution in [0, 0.1) is 5.92 Å². The molecule has 0 amide bonds. The predicted octanol–water partition coefficient (Wildman–Crippen LogP) is 4.86. The van der Waals surface area contributed by atoms with E-state index in [2.05, 4.69) is 39.7 Å². The predicted molar refractivity (Wildman–Crippen MR) is 145 cm³/mol. The Morgan fingerprint density at radius 2 is 1.86 bits per heavy atom. The van der Waals surface area contributed by atoms with Gasteiger partial charge in [0, 0.05) is 47.2 Å². The third-order valence-corrected chi connectivity index (χ3v) is 9.13. The largest absolute Gasteiger partial charge is 0.476 e. The van der Waals surface area contributed by atoms with Crippen molar-refractivity contribution in [3.8, 4) is 5.75 Å². The summed E-state index contributed by atoms with van der Waals surface area (Å²) >= 11 is 9.84. The molecular weight excluding hydrogens is 556 g/mol. The lowest BCUT2D eigenvalue weighted by Gasteiger charge is -2.45. The van der Waals surface area contributed by atoms with Crippen LogP contribution in [0.2, 0.25) is 5.02 Å². The summed E-state index contributed by atoms with van der Waals surface area (Å²) in [5.41, 5.74) is -1.27. The first-order valence-electron chi connectivity index (χ1n) is 12.6. The zero-order valence-electron chi connectivity index (χ0n) is 20.8. The highest BCUT2D eigenvalue weighted by molar-refractivity contribution is 9.10. The van der Waals surface area contributed by atoms with Crippen LogP contribution < -0.4 is 4.74 Å². The number of halogens is 2. The molecule has 1 aromatic heterocycles. The van der Waals surface area contributed by atoms with Crippen LogP contribution in [0.15, 0.2) is 71.3 Å². The van der Waals surface area contributed by atoms with E-state index in [1.54, 1.807) is 6.07 Å². The number of morpholine rings is 1. The molecule has 6 nitrogen and oxygen atoms in total. The third kappa shape index (κ3) is 3.70. The van der Waals surface area contributed by atoms with Gasteiger partial charge in [-0.3, -0.25) is 9.88 Å². The lowest BCUT2D eigenvalue weighted by Crippen LogP contribution is -2.55. The van der Waals surface area contributed by atoms with Gasteiger partial charge in [0.1, 0.15) is 11.4 Å². The van der Waals surface area contributed by atoms with Crippen molar-refractivity contribution in [2.75, 3.05) is 26.3 Å². The van der Waals surface area contributed by atoms with Gasteiger partial charge in [-0.15, -0.1) is 0 Å². The van der Waals surface area contributed by atoms with Gasteiger partial charge < -0.3 is 19.7 Å². The fourth-order valence-corrected chi connectivity index (χ4v) is 7.07. The molecule has 5 atom stereocenters. The Morgan fingerprint density at radius 3 is 2.57 bits per heavy atom. The quantitative estimate of drug-likeness (QED) is 0.456. The number of pyridine rings is 1. The molecule has 1 saturated carbocycles. The molecule has 2 N–H and O–H groups in total. The second-order valence-electron chi connectivity index (χ2n) is 10.9. The summed E-state index contributed by atoms with van der Waals surface area (Å²) in [6.45, 7) is 6.84. The molecule has 0 unspecified atom stereocenters. The van der Waals surface area contributed by atoms with Gasteiger partial charge >= 0.3 is 0 Å². The second-order valence-corrected chi connectivity index (χ2v) is 12.3. The van der Waals surface area contributed by atoms with Gasteiger partial charge in [-0.2, -0.15) is 0 Å². The molecule has 1 aliphatic carbocycles. The average molecular weight is 586 g/mol. The number of benzene rings is 2. The van der Waals surface area contributed by atoms with Crippen LogP contribution in [0.5, 0.6) is 5.75 Å². The summed E-state index contributed by atoms with van der Waals surface area (Å²) in [5, 5.41) is 25.3. The number of hydrogen-bond acceptors (Lipinski definition) is 6. The van der Waals surface area contributed by atoms with Crippen molar-refractivity contribution in [1.29, 1.82) is 0 Å². The molecule has 2 aliphatic heterocycles. The monoisotopic (exact) mass is 584 g/mol. The summed E-state index contributed by atoms with van der Waals surface area (Å²) in [6.07, 6.45) is 0.345. The molecule has 37 heavy (non-hydrogen) atoms. The highest BCUT2D eigenvalue weighted by atomic mass is 79.9. The number of fused-ring (bicyclic) bond motifs is 3. The van der Waals surface area contributed by atoms with E-state index in [1.807, 2.05) is 54.6 Å². The maximum atomic E-state index is 12.7. The molecule has 1 saturated heterocycles. The smallest absolute Gasteiger partial charge is 0.181 e. The Kier molecular flexibility index (Phi) is 6.18. The van der Waals surface area contributed by atoms with Crippen molar-refractivity contribution in [3.63, 3.8) is 0 Å². The number of nitrogens with zero attached hydrogens (tertiary/aromatic N) is 2. The van der Waals surface area contributed by atoms with Crippen molar-refractivity contribution in [1.82, 2.24) is 9.88 Å². The zero-order valence-corrected chi connectivity index (χ0v) is 23.1. The Labute approximate surface area is 230 Å². The number of aliphatic hydroxyl groups is 2. The molecule has 3 heterocycles. The molecule has 3 aliphatic rings. The summed E-state index contributed by atoms with van der Waals surface area (Å²) in [6, 6.07) is 19.5. The molecule has 194 valence electrons. The summed E-state index contributed by atoms with van der Waals surface area (Å²) in [7, 11) is 0. The van der Waals surface area contributed by atoms with E-state index in [9.17, 15) is 10.2 Å². The first-order valence-corrected chi connectivity index (χ1v) is 13.7. The van der Waals surface area contributed by atoms with Crippen LogP contribution in [0.4, 0.5) is 0 Å². The fraction of sp³-hybridized carbons (Fsp3) is 0.414. The van der Waals surface area contributed by atoms with Crippen molar-refractivity contribution < 1.29 is 19.7 Å². The maximum absolute atomic E-state index is 12.7. The molecule has 2 aromatic carbocycles. The third-order valence-electron chi connectivity index (χ3n) is 8.40. The van der Waals surface area contributed by atoms with E-state index < -0.39 is 17.3 Å². The van der Waals surface area contributed by atoms with E-state index in [4.69, 9.17) is 21.1 Å². The van der Waals surface area contributed by atoms with Crippen LogP contribution in [0.3, 0.4) is 0 Å². The molecular formula is C29H30BrClN2O4. The second kappa shape index (κ2) is 9.04. The lowest BCUT2D eigenvalue weighted by atomic mass is 9.71. The number of rotatable bonds is 4. The van der Waals surface area contributed by atoms with Gasteiger partial charge in [0.15, 0.2) is 11.2 Å². The van der Waals surface area contributed by atoms with Crippen LogP contribution in [-0.4, -0.2) is 58.0 Å². The Hall–Kier alpha value is -2.00. The molecule has 0 bridgehead atoms. The number of aliphatic hydroxyl groups excluding tert-OH is 1. The first kappa shape index (κ1) is 25.3. The van der Waals surface area contributed by atoms with Gasteiger partial charge in [0.05, 0.1) is 24.3 Å². The fourth-order valence-electron chi connectivity index (χ4n) is 6.65. The van der Waals surface area contributed by atoms with Gasteiger partial charge in [0.25, 0.3) is 0 Å². The SMILES string of the molecule is CC1(C)COCCN1C[C@H]1[C@@H](O)[C@@]2(O)c3ncc(Cl)cc3O[C@@]2(c2ccc(Br)cc2)[C@@H]1c1ccccc1. The van der Waals surface area contributed by atoms with E-state index in [1.165, 1.54) is 6.20 Å².